The van der Waals surface area contributed by atoms with Gasteiger partial charge in [0.2, 0.25) is 10.0 Å². The molecule has 1 saturated carbocycles. The second kappa shape index (κ2) is 6.20. The molecule has 1 aliphatic rings. The molecule has 0 radical (unpaired) electrons. The Morgan fingerprint density at radius 3 is 2.50 bits per heavy atom. The van der Waals surface area contributed by atoms with Crippen molar-refractivity contribution in [1.29, 1.82) is 0 Å². The number of nitrogens with two attached hydrogens (primary N) is 1. The summed E-state index contributed by atoms with van der Waals surface area (Å²) in [5.74, 6) is 1.10. The van der Waals surface area contributed by atoms with Crippen LogP contribution in [0, 0.1) is 11.8 Å². The molecule has 1 fully saturated rings. The van der Waals surface area contributed by atoms with E-state index in [0.717, 1.165) is 11.1 Å². The molecule has 0 bridgehead atoms. The highest BCUT2D eigenvalue weighted by Crippen LogP contribution is 2.36. The van der Waals surface area contributed by atoms with E-state index >= 15 is 0 Å². The summed E-state index contributed by atoms with van der Waals surface area (Å²) in [6, 6.07) is 7.00. The summed E-state index contributed by atoms with van der Waals surface area (Å²) in [6.07, 6.45) is 2.45. The van der Waals surface area contributed by atoms with Crippen LogP contribution in [0.25, 0.3) is 0 Å². The van der Waals surface area contributed by atoms with Gasteiger partial charge >= 0.3 is 0 Å². The average Bonchev–Trinajstić information content (AvgIpc) is 3.20. The maximum Gasteiger partial charge on any atom is 0.215 e. The molecule has 110 valence electrons. The molecule has 1 unspecified atom stereocenters. The highest BCUT2D eigenvalue weighted by atomic mass is 32.2. The molecule has 1 atom stereocenters. The molecule has 0 amide bonds. The quantitative estimate of drug-likeness (QED) is 0.753. The second-order valence-corrected chi connectivity index (χ2v) is 7.73. The monoisotopic (exact) mass is 312 g/mol. The fourth-order valence-corrected chi connectivity index (χ4v) is 3.51. The van der Waals surface area contributed by atoms with Crippen LogP contribution in [0.2, 0.25) is 0 Å². The number of thiocarbonyl (C=S) groups is 1. The Kier molecular flexibility index (Phi) is 4.78. The van der Waals surface area contributed by atoms with E-state index in [0.29, 0.717) is 23.4 Å². The standard InChI is InChI=1S/C14H20N2O2S2/c1-10(12-6-7-12)8-16-20(17,18)9-11-2-4-13(5-3-11)14(15)19/h2-5,10,12,16H,6-9H2,1H3,(H2,15,19). The van der Waals surface area contributed by atoms with Crippen molar-refractivity contribution in [2.75, 3.05) is 6.54 Å². The minimum absolute atomic E-state index is 0.0119. The molecule has 0 saturated heterocycles. The zero-order chi connectivity index (χ0) is 14.8. The van der Waals surface area contributed by atoms with E-state index in [9.17, 15) is 8.42 Å². The molecule has 0 heterocycles. The molecule has 1 aromatic rings. The van der Waals surface area contributed by atoms with Gasteiger partial charge < -0.3 is 5.73 Å². The summed E-state index contributed by atoms with van der Waals surface area (Å²) in [4.78, 5) is 0.316. The first-order valence-corrected chi connectivity index (χ1v) is 8.79. The van der Waals surface area contributed by atoms with Crippen molar-refractivity contribution in [2.45, 2.75) is 25.5 Å². The third-order valence-corrected chi connectivity index (χ3v) is 5.20. The lowest BCUT2D eigenvalue weighted by molar-refractivity contribution is 0.491. The predicted molar refractivity (Wildman–Crippen MR) is 84.8 cm³/mol. The Hall–Kier alpha value is -0.980. The number of hydrogen-bond donors (Lipinski definition) is 2. The zero-order valence-corrected chi connectivity index (χ0v) is 13.1. The maximum atomic E-state index is 12.0. The summed E-state index contributed by atoms with van der Waals surface area (Å²) in [6.45, 7) is 2.62. The lowest BCUT2D eigenvalue weighted by Crippen LogP contribution is -2.30. The summed E-state index contributed by atoms with van der Waals surface area (Å²) in [5.41, 5.74) is 6.99. The summed E-state index contributed by atoms with van der Waals surface area (Å²) < 4.78 is 26.7. The van der Waals surface area contributed by atoms with Gasteiger partial charge in [-0.2, -0.15) is 0 Å². The van der Waals surface area contributed by atoms with Crippen molar-refractivity contribution >= 4 is 27.2 Å². The van der Waals surface area contributed by atoms with Crippen LogP contribution in [0.3, 0.4) is 0 Å². The van der Waals surface area contributed by atoms with E-state index in [-0.39, 0.29) is 5.75 Å². The van der Waals surface area contributed by atoms with Crippen molar-refractivity contribution in [3.63, 3.8) is 0 Å². The van der Waals surface area contributed by atoms with Crippen molar-refractivity contribution in [3.05, 3.63) is 35.4 Å². The molecule has 4 nitrogen and oxygen atoms in total. The van der Waals surface area contributed by atoms with Crippen LogP contribution in [-0.2, 0) is 15.8 Å². The van der Waals surface area contributed by atoms with Gasteiger partial charge in [0.25, 0.3) is 0 Å². The van der Waals surface area contributed by atoms with Crippen LogP contribution in [0.4, 0.5) is 0 Å². The van der Waals surface area contributed by atoms with Crippen LogP contribution >= 0.6 is 12.2 Å². The zero-order valence-electron chi connectivity index (χ0n) is 11.5. The molecule has 1 aromatic carbocycles. The number of benzene rings is 1. The molecule has 0 aromatic heterocycles. The molecular formula is C14H20N2O2S2. The van der Waals surface area contributed by atoms with E-state index in [4.69, 9.17) is 18.0 Å². The van der Waals surface area contributed by atoms with Crippen LogP contribution in [-0.4, -0.2) is 20.0 Å². The molecule has 0 spiro atoms. The first-order valence-electron chi connectivity index (χ1n) is 6.73. The lowest BCUT2D eigenvalue weighted by atomic mass is 10.1. The second-order valence-electron chi connectivity index (χ2n) is 5.48. The first-order chi connectivity index (χ1) is 9.37. The van der Waals surface area contributed by atoms with E-state index < -0.39 is 10.0 Å². The Labute approximate surface area is 125 Å². The minimum atomic E-state index is -3.28. The van der Waals surface area contributed by atoms with Gasteiger partial charge in [-0.05, 0) is 30.2 Å². The van der Waals surface area contributed by atoms with Gasteiger partial charge in [-0.1, -0.05) is 43.4 Å². The molecule has 6 heteroatoms. The number of rotatable bonds is 7. The van der Waals surface area contributed by atoms with E-state index in [1.807, 2.05) is 0 Å². The van der Waals surface area contributed by atoms with Gasteiger partial charge in [0, 0.05) is 12.1 Å². The number of hydrogen-bond acceptors (Lipinski definition) is 3. The Morgan fingerprint density at radius 2 is 2.00 bits per heavy atom. The third-order valence-electron chi connectivity index (χ3n) is 3.65. The summed E-state index contributed by atoms with van der Waals surface area (Å²) >= 11 is 4.86. The summed E-state index contributed by atoms with van der Waals surface area (Å²) in [5, 5.41) is 0. The smallest absolute Gasteiger partial charge is 0.215 e. The van der Waals surface area contributed by atoms with Crippen LogP contribution in [0.1, 0.15) is 30.9 Å². The van der Waals surface area contributed by atoms with Crippen LogP contribution < -0.4 is 10.5 Å². The van der Waals surface area contributed by atoms with Crippen molar-refractivity contribution in [3.8, 4) is 0 Å². The maximum absolute atomic E-state index is 12.0. The van der Waals surface area contributed by atoms with Crippen molar-refractivity contribution < 1.29 is 8.42 Å². The van der Waals surface area contributed by atoms with Gasteiger partial charge in [0.15, 0.2) is 0 Å². The predicted octanol–water partition coefficient (Wildman–Crippen LogP) is 1.79. The van der Waals surface area contributed by atoms with Gasteiger partial charge in [0.05, 0.1) is 5.75 Å². The average molecular weight is 312 g/mol. The Bertz CT molecular complexity index is 578. The van der Waals surface area contributed by atoms with E-state index in [2.05, 4.69) is 11.6 Å². The molecule has 0 aliphatic heterocycles. The molecule has 20 heavy (non-hydrogen) atoms. The van der Waals surface area contributed by atoms with E-state index in [1.54, 1.807) is 24.3 Å². The van der Waals surface area contributed by atoms with Gasteiger partial charge in [-0.25, -0.2) is 13.1 Å². The summed E-state index contributed by atoms with van der Waals surface area (Å²) in [7, 11) is -3.28. The van der Waals surface area contributed by atoms with Gasteiger partial charge in [-0.15, -0.1) is 0 Å². The highest BCUT2D eigenvalue weighted by Gasteiger charge is 2.28. The number of sulfonamides is 1. The first kappa shape index (κ1) is 15.4. The third kappa shape index (κ3) is 4.54. The molecule has 2 rings (SSSR count). The van der Waals surface area contributed by atoms with Crippen molar-refractivity contribution in [1.82, 2.24) is 4.72 Å². The van der Waals surface area contributed by atoms with E-state index in [1.165, 1.54) is 12.8 Å². The number of nitrogens with one attached hydrogen (secondary N) is 1. The lowest BCUT2D eigenvalue weighted by Gasteiger charge is -2.12. The molecule has 3 N–H and O–H groups in total. The SMILES string of the molecule is CC(CNS(=O)(=O)Cc1ccc(C(N)=S)cc1)C1CC1. The molecular weight excluding hydrogens is 292 g/mol. The van der Waals surface area contributed by atoms with Crippen LogP contribution in [0.5, 0.6) is 0 Å². The van der Waals surface area contributed by atoms with Gasteiger partial charge in [-0.3, -0.25) is 0 Å². The fraction of sp³-hybridized carbons (Fsp3) is 0.500. The normalized spacial score (nSPS) is 16.9. The highest BCUT2D eigenvalue weighted by molar-refractivity contribution is 7.88. The largest absolute Gasteiger partial charge is 0.389 e. The van der Waals surface area contributed by atoms with Crippen LogP contribution in [0.15, 0.2) is 24.3 Å². The van der Waals surface area contributed by atoms with Gasteiger partial charge in [0.1, 0.15) is 4.99 Å². The minimum Gasteiger partial charge on any atom is -0.389 e. The Balaban J connectivity index is 1.91. The fourth-order valence-electron chi connectivity index (χ4n) is 2.13. The van der Waals surface area contributed by atoms with Crippen molar-refractivity contribution in [2.24, 2.45) is 17.6 Å². The Morgan fingerprint density at radius 1 is 1.40 bits per heavy atom. The topological polar surface area (TPSA) is 72.2 Å². The molecule has 1 aliphatic carbocycles.